The van der Waals surface area contributed by atoms with Crippen LogP contribution < -0.4 is 60.6 Å². The lowest BCUT2D eigenvalue weighted by Crippen LogP contribution is -2.61. The maximum absolute atomic E-state index is 13.3. The molecule has 264 valence electrons. The van der Waals surface area contributed by atoms with Crippen LogP contribution in [0.5, 0.6) is 0 Å². The molecule has 6 amide bonds. The van der Waals surface area contributed by atoms with Crippen LogP contribution in [-0.2, 0) is 33.6 Å². The summed E-state index contributed by atoms with van der Waals surface area (Å²) in [5.74, 6) is -6.32. The van der Waals surface area contributed by atoms with Crippen LogP contribution in [0.4, 0.5) is 0 Å². The highest BCUT2D eigenvalue weighted by atomic mass is 16.4. The minimum Gasteiger partial charge on any atom is -0.480 e. The standard InChI is InChI=1S/C26H51N11O9/c1-13(28)21(42)34-16(7-5-11-32-26(30)31)24(45)37-20(14(2)38)25(46)36-15(6-3-4-10-27)23(44)35-17(8-9-18(29)39)22(43)33-12-19(40)41/h13-17,20,26,32,38H,3-12,27-28,30-31H2,1-2H3,(H2,29,39)(H,33,43)(H,34,42)(H,35,44)(H,36,46)(H,37,45)(H,40,41)/t13-,14+,15-,16-,17-,20-/m0/s1. The highest BCUT2D eigenvalue weighted by Crippen LogP contribution is 2.07. The largest absolute Gasteiger partial charge is 0.480 e. The summed E-state index contributed by atoms with van der Waals surface area (Å²) in [6.45, 7) is 2.45. The summed E-state index contributed by atoms with van der Waals surface area (Å²) in [6.07, 6.45) is -1.60. The van der Waals surface area contributed by atoms with E-state index in [4.69, 9.17) is 33.8 Å². The SMILES string of the molecule is C[C@H](N)C(=O)N[C@@H](CCCNC(N)N)C(=O)N[C@H](C(=O)N[C@@H](CCCCN)C(=O)N[C@@H](CCC(N)=O)C(=O)NCC(=O)O)[C@@H](C)O. The molecule has 6 atom stereocenters. The van der Waals surface area contributed by atoms with Gasteiger partial charge in [0.2, 0.25) is 35.4 Å². The van der Waals surface area contributed by atoms with Gasteiger partial charge in [-0.3, -0.25) is 38.9 Å². The summed E-state index contributed by atoms with van der Waals surface area (Å²) in [5, 5.41) is 33.8. The molecule has 0 unspecified atom stereocenters. The van der Waals surface area contributed by atoms with Gasteiger partial charge in [-0.25, -0.2) is 0 Å². The van der Waals surface area contributed by atoms with Crippen LogP contribution in [0.2, 0.25) is 0 Å². The second-order valence-corrected chi connectivity index (χ2v) is 10.7. The smallest absolute Gasteiger partial charge is 0.322 e. The molecule has 18 N–H and O–H groups in total. The first-order valence-electron chi connectivity index (χ1n) is 14.9. The van der Waals surface area contributed by atoms with Crippen LogP contribution in [0, 0.1) is 0 Å². The Bertz CT molecular complexity index is 1030. The number of aliphatic carboxylic acids is 1. The molecule has 0 aromatic carbocycles. The van der Waals surface area contributed by atoms with E-state index < -0.39 is 90.6 Å². The second kappa shape index (κ2) is 22.5. The third-order valence-electron chi connectivity index (χ3n) is 6.46. The first kappa shape index (κ1) is 42.0. The zero-order valence-corrected chi connectivity index (χ0v) is 26.3. The highest BCUT2D eigenvalue weighted by molar-refractivity contribution is 5.96. The monoisotopic (exact) mass is 661 g/mol. The van der Waals surface area contributed by atoms with Crippen molar-refractivity contribution in [2.45, 2.75) is 101 Å². The molecule has 0 fully saturated rings. The molecular formula is C26H51N11O9. The number of amides is 6. The van der Waals surface area contributed by atoms with Crippen molar-refractivity contribution in [2.75, 3.05) is 19.6 Å². The van der Waals surface area contributed by atoms with Crippen molar-refractivity contribution < 1.29 is 43.8 Å². The van der Waals surface area contributed by atoms with E-state index in [1.165, 1.54) is 13.8 Å². The van der Waals surface area contributed by atoms with Crippen molar-refractivity contribution >= 4 is 41.4 Å². The Kier molecular flexibility index (Phi) is 20.6. The molecule has 20 heteroatoms. The Hall–Kier alpha value is -3.95. The number of carboxylic acids is 1. The molecule has 0 aliphatic rings. The van der Waals surface area contributed by atoms with E-state index in [0.29, 0.717) is 25.8 Å². The molecule has 0 saturated carbocycles. The number of hydrogen-bond acceptors (Lipinski definition) is 13. The third-order valence-corrected chi connectivity index (χ3v) is 6.46. The van der Waals surface area contributed by atoms with E-state index in [-0.39, 0.29) is 32.2 Å². The number of aliphatic hydroxyl groups is 1. The Balaban J connectivity index is 5.92. The molecule has 46 heavy (non-hydrogen) atoms. The molecule has 0 rings (SSSR count). The van der Waals surface area contributed by atoms with Crippen LogP contribution >= 0.6 is 0 Å². The minimum absolute atomic E-state index is 0.0257. The van der Waals surface area contributed by atoms with Crippen molar-refractivity contribution in [3.8, 4) is 0 Å². The average Bonchev–Trinajstić information content (AvgIpc) is 2.96. The lowest BCUT2D eigenvalue weighted by Gasteiger charge is -2.28. The van der Waals surface area contributed by atoms with Gasteiger partial charge in [0.25, 0.3) is 0 Å². The molecule has 0 aromatic rings. The molecular weight excluding hydrogens is 610 g/mol. The van der Waals surface area contributed by atoms with Crippen LogP contribution in [0.3, 0.4) is 0 Å². The van der Waals surface area contributed by atoms with E-state index >= 15 is 0 Å². The lowest BCUT2D eigenvalue weighted by atomic mass is 10.0. The Morgan fingerprint density at radius 1 is 0.696 bits per heavy atom. The maximum atomic E-state index is 13.3. The van der Waals surface area contributed by atoms with Gasteiger partial charge >= 0.3 is 5.97 Å². The van der Waals surface area contributed by atoms with Gasteiger partial charge in [0.15, 0.2) is 0 Å². The highest BCUT2D eigenvalue weighted by Gasteiger charge is 2.33. The van der Waals surface area contributed by atoms with Crippen molar-refractivity contribution in [2.24, 2.45) is 28.7 Å². The molecule has 0 bridgehead atoms. The van der Waals surface area contributed by atoms with Gasteiger partial charge in [-0.2, -0.15) is 0 Å². The number of hydrogen-bond donors (Lipinski definition) is 13. The summed E-state index contributed by atoms with van der Waals surface area (Å²) in [4.78, 5) is 86.8. The normalized spacial score (nSPS) is 15.0. The fourth-order valence-electron chi connectivity index (χ4n) is 3.94. The Morgan fingerprint density at radius 3 is 1.72 bits per heavy atom. The molecule has 0 aliphatic carbocycles. The minimum atomic E-state index is -1.59. The molecule has 0 heterocycles. The molecule has 0 radical (unpaired) electrons. The zero-order chi connectivity index (χ0) is 35.4. The van der Waals surface area contributed by atoms with Crippen LogP contribution in [0.25, 0.3) is 0 Å². The second-order valence-electron chi connectivity index (χ2n) is 10.7. The predicted octanol–water partition coefficient (Wildman–Crippen LogP) is -6.18. The summed E-state index contributed by atoms with van der Waals surface area (Å²) < 4.78 is 0. The van der Waals surface area contributed by atoms with Gasteiger partial charge in [0.05, 0.1) is 12.1 Å². The van der Waals surface area contributed by atoms with Crippen molar-refractivity contribution in [1.82, 2.24) is 31.9 Å². The maximum Gasteiger partial charge on any atom is 0.322 e. The van der Waals surface area contributed by atoms with Gasteiger partial charge in [-0.15, -0.1) is 0 Å². The molecule has 0 aromatic heterocycles. The topological polar surface area (TPSA) is 362 Å². The van der Waals surface area contributed by atoms with Gasteiger partial charge in [0.1, 0.15) is 37.0 Å². The van der Waals surface area contributed by atoms with Crippen LogP contribution in [0.15, 0.2) is 0 Å². The first-order valence-corrected chi connectivity index (χ1v) is 14.9. The molecule has 0 aliphatic heterocycles. The fourth-order valence-corrected chi connectivity index (χ4v) is 3.94. The first-order chi connectivity index (χ1) is 21.5. The van der Waals surface area contributed by atoms with Gasteiger partial charge in [0, 0.05) is 6.42 Å². The van der Waals surface area contributed by atoms with Crippen LogP contribution in [0.1, 0.15) is 58.8 Å². The predicted molar refractivity (Wildman–Crippen MR) is 164 cm³/mol. The molecule has 0 spiro atoms. The van der Waals surface area contributed by atoms with Gasteiger partial charge in [-0.1, -0.05) is 0 Å². The van der Waals surface area contributed by atoms with E-state index in [1.54, 1.807) is 0 Å². The third kappa shape index (κ3) is 18.1. The lowest BCUT2D eigenvalue weighted by molar-refractivity contribution is -0.139. The van der Waals surface area contributed by atoms with Crippen molar-refractivity contribution in [1.29, 1.82) is 0 Å². The number of carboxylic acid groups (broad SMARTS) is 1. The summed E-state index contributed by atoms with van der Waals surface area (Å²) in [6, 6.07) is -6.39. The van der Waals surface area contributed by atoms with E-state index in [9.17, 15) is 38.7 Å². The Labute approximate surface area is 267 Å². The van der Waals surface area contributed by atoms with Gasteiger partial charge < -0.3 is 65.5 Å². The number of carbonyl (C=O) groups excluding carboxylic acids is 6. The van der Waals surface area contributed by atoms with Crippen molar-refractivity contribution in [3.05, 3.63) is 0 Å². The molecule has 20 nitrogen and oxygen atoms in total. The van der Waals surface area contributed by atoms with E-state index in [0.717, 1.165) is 0 Å². The number of aliphatic hydroxyl groups excluding tert-OH is 1. The van der Waals surface area contributed by atoms with Gasteiger partial charge in [-0.05, 0) is 65.5 Å². The van der Waals surface area contributed by atoms with E-state index in [2.05, 4.69) is 31.9 Å². The summed E-state index contributed by atoms with van der Waals surface area (Å²) in [5.41, 5.74) is 27.2. The number of primary amides is 1. The number of nitrogens with two attached hydrogens (primary N) is 5. The van der Waals surface area contributed by atoms with E-state index in [1.807, 2.05) is 0 Å². The number of nitrogens with one attached hydrogen (secondary N) is 6. The number of carbonyl (C=O) groups is 7. The summed E-state index contributed by atoms with van der Waals surface area (Å²) >= 11 is 0. The fraction of sp³-hybridized carbons (Fsp3) is 0.731. The quantitative estimate of drug-likeness (QED) is 0.0338. The number of rotatable bonds is 24. The average molecular weight is 662 g/mol. The zero-order valence-electron chi connectivity index (χ0n) is 26.3. The summed E-state index contributed by atoms with van der Waals surface area (Å²) in [7, 11) is 0. The number of unbranched alkanes of at least 4 members (excludes halogenated alkanes) is 1. The molecule has 0 saturated heterocycles. The van der Waals surface area contributed by atoms with Crippen LogP contribution in [-0.4, -0.2) is 114 Å². The van der Waals surface area contributed by atoms with Crippen molar-refractivity contribution in [3.63, 3.8) is 0 Å². The Morgan fingerprint density at radius 2 is 1.22 bits per heavy atom.